The van der Waals surface area contributed by atoms with Gasteiger partial charge in [-0.3, -0.25) is 0 Å². The maximum Gasteiger partial charge on any atom is 0.244 e. The molecule has 0 bridgehead atoms. The average molecular weight is 331 g/mol. The Morgan fingerprint density at radius 1 is 1.39 bits per heavy atom. The third kappa shape index (κ3) is 2.74. The number of hydrogen-bond acceptors (Lipinski definition) is 4. The van der Waals surface area contributed by atoms with Crippen LogP contribution in [0.15, 0.2) is 33.3 Å². The van der Waals surface area contributed by atoms with E-state index in [4.69, 9.17) is 4.52 Å². The van der Waals surface area contributed by atoms with E-state index >= 15 is 0 Å². The first-order valence-electron chi connectivity index (χ1n) is 5.66. The van der Waals surface area contributed by atoms with Crippen molar-refractivity contribution < 1.29 is 4.52 Å². The van der Waals surface area contributed by atoms with Gasteiger partial charge in [-0.15, -0.1) is 12.4 Å². The van der Waals surface area contributed by atoms with E-state index in [1.165, 1.54) is 6.42 Å². The summed E-state index contributed by atoms with van der Waals surface area (Å²) in [5.74, 6) is 1.34. The minimum atomic E-state index is 0. The van der Waals surface area contributed by atoms with Crippen LogP contribution in [0.2, 0.25) is 0 Å². The summed E-state index contributed by atoms with van der Waals surface area (Å²) in [5, 5.41) is 7.37. The fourth-order valence-corrected chi connectivity index (χ4v) is 2.42. The molecule has 4 nitrogen and oxygen atoms in total. The predicted molar refractivity (Wildman–Crippen MR) is 74.7 cm³/mol. The van der Waals surface area contributed by atoms with Crippen LogP contribution in [0.25, 0.3) is 11.4 Å². The highest BCUT2D eigenvalue weighted by molar-refractivity contribution is 9.10. The van der Waals surface area contributed by atoms with Crippen molar-refractivity contribution in [1.82, 2.24) is 15.5 Å². The number of nitrogens with one attached hydrogen (secondary N) is 1. The largest absolute Gasteiger partial charge is 0.337 e. The summed E-state index contributed by atoms with van der Waals surface area (Å²) in [5.41, 5.74) is 0.965. The number of rotatable bonds is 2. The zero-order chi connectivity index (χ0) is 11.7. The van der Waals surface area contributed by atoms with E-state index in [0.29, 0.717) is 11.7 Å². The Balaban J connectivity index is 0.00000120. The van der Waals surface area contributed by atoms with Gasteiger partial charge < -0.3 is 9.84 Å². The summed E-state index contributed by atoms with van der Waals surface area (Å²) in [7, 11) is 0. The maximum atomic E-state index is 5.30. The minimum absolute atomic E-state index is 0. The van der Waals surface area contributed by atoms with Crippen LogP contribution < -0.4 is 5.32 Å². The summed E-state index contributed by atoms with van der Waals surface area (Å²) in [6.07, 6.45) is 2.24. The molecule has 6 heteroatoms. The molecule has 0 radical (unpaired) electrons. The molecule has 0 spiro atoms. The van der Waals surface area contributed by atoms with Crippen molar-refractivity contribution in [3.8, 4) is 11.4 Å². The zero-order valence-corrected chi connectivity index (χ0v) is 12.0. The Bertz CT molecular complexity index is 526. The van der Waals surface area contributed by atoms with Crippen LogP contribution in [-0.2, 0) is 0 Å². The Hall–Kier alpha value is -0.910. The van der Waals surface area contributed by atoms with Crippen LogP contribution in [0, 0.1) is 0 Å². The maximum absolute atomic E-state index is 5.30. The molecule has 1 atom stereocenters. The summed E-state index contributed by atoms with van der Waals surface area (Å²) in [6.45, 7) is 1.03. The van der Waals surface area contributed by atoms with Crippen LogP contribution >= 0.6 is 28.3 Å². The standard InChI is InChI=1S/C12H12BrN3O.ClH/c13-9-4-1-3-8(7-9)11-15-12(17-16-11)10-5-2-6-14-10;/h1,3-4,7,10,14H,2,5-6H2;1H. The monoisotopic (exact) mass is 329 g/mol. The van der Waals surface area contributed by atoms with E-state index in [9.17, 15) is 0 Å². The number of aromatic nitrogens is 2. The fraction of sp³-hybridized carbons (Fsp3) is 0.333. The molecule has 0 saturated carbocycles. The molecule has 3 rings (SSSR count). The van der Waals surface area contributed by atoms with Gasteiger partial charge in [0.2, 0.25) is 11.7 Å². The van der Waals surface area contributed by atoms with Gasteiger partial charge in [0.1, 0.15) is 0 Å². The third-order valence-corrected chi connectivity index (χ3v) is 3.38. The second-order valence-corrected chi connectivity index (χ2v) is 5.03. The van der Waals surface area contributed by atoms with Gasteiger partial charge in [-0.25, -0.2) is 0 Å². The molecular weight excluding hydrogens is 318 g/mol. The van der Waals surface area contributed by atoms with Gasteiger partial charge in [-0.1, -0.05) is 33.2 Å². The van der Waals surface area contributed by atoms with Crippen LogP contribution in [0.5, 0.6) is 0 Å². The molecule has 2 heterocycles. The van der Waals surface area contributed by atoms with Gasteiger partial charge in [0.15, 0.2) is 0 Å². The molecule has 18 heavy (non-hydrogen) atoms. The van der Waals surface area contributed by atoms with Crippen LogP contribution in [0.4, 0.5) is 0 Å². The molecule has 1 N–H and O–H groups in total. The molecule has 1 aliphatic heterocycles. The normalized spacial score (nSPS) is 18.6. The quantitative estimate of drug-likeness (QED) is 0.917. The highest BCUT2D eigenvalue weighted by atomic mass is 79.9. The van der Waals surface area contributed by atoms with Crippen molar-refractivity contribution in [3.05, 3.63) is 34.6 Å². The van der Waals surface area contributed by atoms with E-state index < -0.39 is 0 Å². The predicted octanol–water partition coefficient (Wildman–Crippen LogP) is 3.35. The van der Waals surface area contributed by atoms with Gasteiger partial charge in [0.25, 0.3) is 0 Å². The van der Waals surface area contributed by atoms with Crippen molar-refractivity contribution in [1.29, 1.82) is 0 Å². The summed E-state index contributed by atoms with van der Waals surface area (Å²) < 4.78 is 6.32. The van der Waals surface area contributed by atoms with Crippen molar-refractivity contribution in [2.75, 3.05) is 6.54 Å². The lowest BCUT2D eigenvalue weighted by molar-refractivity contribution is 0.345. The minimum Gasteiger partial charge on any atom is -0.337 e. The second kappa shape index (κ2) is 5.82. The number of halogens is 2. The molecule has 1 aromatic carbocycles. The highest BCUT2D eigenvalue weighted by Crippen LogP contribution is 2.25. The molecule has 0 aliphatic carbocycles. The van der Waals surface area contributed by atoms with Crippen molar-refractivity contribution >= 4 is 28.3 Å². The lowest BCUT2D eigenvalue weighted by atomic mass is 10.2. The van der Waals surface area contributed by atoms with Crippen LogP contribution in [0.1, 0.15) is 24.8 Å². The van der Waals surface area contributed by atoms with Crippen molar-refractivity contribution in [3.63, 3.8) is 0 Å². The molecule has 1 unspecified atom stereocenters. The molecular formula is C12H13BrClN3O. The van der Waals surface area contributed by atoms with Gasteiger partial charge >= 0.3 is 0 Å². The highest BCUT2D eigenvalue weighted by Gasteiger charge is 2.22. The first kappa shape index (κ1) is 13.5. The van der Waals surface area contributed by atoms with E-state index in [1.54, 1.807) is 0 Å². The SMILES string of the molecule is Brc1cccc(-c2noc(C3CCCN3)n2)c1.Cl. The Morgan fingerprint density at radius 2 is 2.28 bits per heavy atom. The molecule has 2 aromatic rings. The van der Waals surface area contributed by atoms with Crippen molar-refractivity contribution in [2.24, 2.45) is 0 Å². The molecule has 0 amide bonds. The van der Waals surface area contributed by atoms with Gasteiger partial charge in [-0.05, 0) is 31.5 Å². The summed E-state index contributed by atoms with van der Waals surface area (Å²) >= 11 is 3.43. The van der Waals surface area contributed by atoms with E-state index in [-0.39, 0.29) is 18.4 Å². The number of hydrogen-bond donors (Lipinski definition) is 1. The molecule has 1 aliphatic rings. The topological polar surface area (TPSA) is 51.0 Å². The summed E-state index contributed by atoms with van der Waals surface area (Å²) in [6, 6.07) is 8.12. The Kier molecular flexibility index (Phi) is 4.37. The van der Waals surface area contributed by atoms with E-state index in [0.717, 1.165) is 23.0 Å². The second-order valence-electron chi connectivity index (χ2n) is 4.12. The van der Waals surface area contributed by atoms with Gasteiger partial charge in [-0.2, -0.15) is 4.98 Å². The number of nitrogens with zero attached hydrogens (tertiary/aromatic N) is 2. The molecule has 1 aromatic heterocycles. The molecule has 1 fully saturated rings. The van der Waals surface area contributed by atoms with Crippen LogP contribution in [0.3, 0.4) is 0 Å². The number of benzene rings is 1. The summed E-state index contributed by atoms with van der Waals surface area (Å²) in [4.78, 5) is 4.44. The average Bonchev–Trinajstić information content (AvgIpc) is 3.00. The van der Waals surface area contributed by atoms with Crippen molar-refractivity contribution in [2.45, 2.75) is 18.9 Å². The lowest BCUT2D eigenvalue weighted by Crippen LogP contribution is -2.12. The van der Waals surface area contributed by atoms with Gasteiger partial charge in [0, 0.05) is 10.0 Å². The molecule has 96 valence electrons. The Morgan fingerprint density at radius 3 is 3.00 bits per heavy atom. The zero-order valence-electron chi connectivity index (χ0n) is 9.60. The smallest absolute Gasteiger partial charge is 0.244 e. The van der Waals surface area contributed by atoms with Crippen LogP contribution in [-0.4, -0.2) is 16.7 Å². The lowest BCUT2D eigenvalue weighted by Gasteiger charge is -2.01. The fourth-order valence-electron chi connectivity index (χ4n) is 2.02. The van der Waals surface area contributed by atoms with E-state index in [1.807, 2.05) is 24.3 Å². The Labute approximate surface area is 120 Å². The van der Waals surface area contributed by atoms with E-state index in [2.05, 4.69) is 31.4 Å². The molecule has 1 saturated heterocycles. The first-order chi connectivity index (χ1) is 8.33. The first-order valence-corrected chi connectivity index (χ1v) is 6.45. The van der Waals surface area contributed by atoms with Gasteiger partial charge in [0.05, 0.1) is 6.04 Å². The third-order valence-electron chi connectivity index (χ3n) is 2.88.